The van der Waals surface area contributed by atoms with Gasteiger partial charge in [0.25, 0.3) is 0 Å². The molecule has 8 heteroatoms. The second-order valence-corrected chi connectivity index (χ2v) is 10.9. The zero-order valence-electron chi connectivity index (χ0n) is 25.3. The van der Waals surface area contributed by atoms with Gasteiger partial charge in [0.05, 0.1) is 22.8 Å². The molecular weight excluding hydrogens is 552 g/mol. The highest BCUT2D eigenvalue weighted by molar-refractivity contribution is 5.97. The summed E-state index contributed by atoms with van der Waals surface area (Å²) in [6.07, 6.45) is 6.70. The van der Waals surface area contributed by atoms with Crippen molar-refractivity contribution in [2.75, 3.05) is 0 Å². The topological polar surface area (TPSA) is 132 Å². The van der Waals surface area contributed by atoms with Crippen LogP contribution >= 0.6 is 0 Å². The Morgan fingerprint density at radius 2 is 1.11 bits per heavy atom. The van der Waals surface area contributed by atoms with Crippen LogP contribution in [0.5, 0.6) is 0 Å². The minimum atomic E-state index is -0.897. The molecule has 0 atom stereocenters. The second-order valence-electron chi connectivity index (χ2n) is 10.9. The first-order chi connectivity index (χ1) is 21.1. The number of aryl methyl sites for hydroxylation is 1. The molecule has 0 amide bonds. The molecule has 5 heterocycles. The van der Waals surface area contributed by atoms with Gasteiger partial charge in [0.1, 0.15) is 0 Å². The van der Waals surface area contributed by atoms with Crippen molar-refractivity contribution in [1.82, 2.24) is 19.9 Å². The number of nitrogens with one attached hydrogen (secondary N) is 2. The van der Waals surface area contributed by atoms with E-state index >= 15 is 0 Å². The maximum atomic E-state index is 11.6. The van der Waals surface area contributed by atoms with Gasteiger partial charge < -0.3 is 20.2 Å². The molecule has 3 aromatic rings. The summed E-state index contributed by atoms with van der Waals surface area (Å²) in [5.74, 6) is -1.79. The molecule has 224 valence electrons. The average molecular weight is 589 g/mol. The summed E-state index contributed by atoms with van der Waals surface area (Å²) in [6.45, 7) is 18.2. The molecule has 3 aromatic heterocycles. The minimum Gasteiger partial charge on any atom is -0.481 e. The van der Waals surface area contributed by atoms with Gasteiger partial charge in [0.2, 0.25) is 0 Å². The number of rotatable bonds is 10. The number of H-pyrrole nitrogens is 2. The van der Waals surface area contributed by atoms with Crippen molar-refractivity contribution in [3.63, 3.8) is 0 Å². The minimum absolute atomic E-state index is 0.0431. The Morgan fingerprint density at radius 3 is 1.57 bits per heavy atom. The zero-order valence-corrected chi connectivity index (χ0v) is 25.3. The van der Waals surface area contributed by atoms with Crippen LogP contribution in [0.3, 0.4) is 0 Å². The van der Waals surface area contributed by atoms with Crippen LogP contribution in [0, 0.1) is 0 Å². The molecule has 0 saturated heterocycles. The number of allylic oxidation sites excluding steroid dienone is 4. The Labute approximate surface area is 255 Å². The highest BCUT2D eigenvalue weighted by atomic mass is 16.4. The molecule has 0 aliphatic carbocycles. The first-order valence-electron chi connectivity index (χ1n) is 14.6. The lowest BCUT2D eigenvalue weighted by atomic mass is 9.98. The van der Waals surface area contributed by atoms with Crippen LogP contribution in [0.25, 0.3) is 62.6 Å². The van der Waals surface area contributed by atoms with Crippen molar-refractivity contribution in [3.05, 3.63) is 89.0 Å². The molecule has 8 bridgehead atoms. The van der Waals surface area contributed by atoms with Crippen molar-refractivity contribution in [2.24, 2.45) is 0 Å². The van der Waals surface area contributed by atoms with Crippen LogP contribution in [0.15, 0.2) is 44.0 Å². The molecule has 2 aliphatic rings. The summed E-state index contributed by atoms with van der Waals surface area (Å²) in [6, 6.07) is 7.86. The summed E-state index contributed by atoms with van der Waals surface area (Å²) >= 11 is 0. The monoisotopic (exact) mass is 588 g/mol. The normalized spacial score (nSPS) is 12.9. The lowest BCUT2D eigenvalue weighted by Crippen LogP contribution is -1.97. The third-order valence-corrected chi connectivity index (χ3v) is 8.39. The number of carboxylic acids is 2. The molecular formula is C36H36N4O4. The van der Waals surface area contributed by atoms with Crippen molar-refractivity contribution in [1.29, 1.82) is 0 Å². The Kier molecular flexibility index (Phi) is 8.36. The van der Waals surface area contributed by atoms with Gasteiger partial charge in [-0.15, -0.1) is 0 Å². The van der Waals surface area contributed by atoms with Crippen LogP contribution in [-0.2, 0) is 16.0 Å². The highest BCUT2D eigenvalue weighted by Gasteiger charge is 2.23. The number of carboxylic acid groups (broad SMARTS) is 2. The standard InChI is InChI=1S/C36H36N4O4/c1-7-21-23(9-3)31-17-32-24(10-4)22(8-2)30(40-32)16-28-20(6)26(12-14-36(43)44)34(38-28)18-33-25(11-13-35(41)42)19(5)27(37-33)15-29(21)39-31/h7,9-10,15-18,39-40H,1,3-4,8,11-14H2,2,5-6H3,(H,41,42)(H,43,44). The number of hydrogen-bond acceptors (Lipinski definition) is 4. The van der Waals surface area contributed by atoms with Gasteiger partial charge in [-0.05, 0) is 85.2 Å². The predicted octanol–water partition coefficient (Wildman–Crippen LogP) is 8.40. The highest BCUT2D eigenvalue weighted by Crippen LogP contribution is 2.38. The SMILES string of the molecule is C=Cc1c(C=C)c2cc3[nH]c(cc4nc(cc5nc(cc1[nH]2)C(C)=C5CCC(=O)O)C(CCC(=O)O)=C4C)c(CC)c3C=C. The average Bonchev–Trinajstić information content (AvgIpc) is 3.67. The number of aromatic nitrogens is 4. The van der Waals surface area contributed by atoms with E-state index in [0.29, 0.717) is 29.9 Å². The van der Waals surface area contributed by atoms with E-state index in [-0.39, 0.29) is 12.8 Å². The smallest absolute Gasteiger partial charge is 0.303 e. The molecule has 5 rings (SSSR count). The maximum Gasteiger partial charge on any atom is 0.303 e. The number of carbonyl (C=O) groups is 2. The molecule has 44 heavy (non-hydrogen) atoms. The van der Waals surface area contributed by atoms with Crippen LogP contribution in [0.1, 0.15) is 91.5 Å². The molecule has 0 spiro atoms. The molecule has 0 radical (unpaired) electrons. The first-order valence-corrected chi connectivity index (χ1v) is 14.6. The largest absolute Gasteiger partial charge is 0.481 e. The molecule has 0 aromatic carbocycles. The quantitative estimate of drug-likeness (QED) is 0.188. The second kappa shape index (κ2) is 12.2. The molecule has 8 nitrogen and oxygen atoms in total. The zero-order chi connectivity index (χ0) is 31.7. The summed E-state index contributed by atoms with van der Waals surface area (Å²) in [5.41, 5.74) is 13.3. The summed E-state index contributed by atoms with van der Waals surface area (Å²) < 4.78 is 0. The molecule has 2 aliphatic heterocycles. The van der Waals surface area contributed by atoms with Gasteiger partial charge in [-0.3, -0.25) is 9.59 Å². The fraction of sp³-hybridized carbons (Fsp3) is 0.222. The fourth-order valence-electron chi connectivity index (χ4n) is 6.10. The van der Waals surface area contributed by atoms with E-state index in [1.165, 1.54) is 0 Å². The molecule has 4 N–H and O–H groups in total. The van der Waals surface area contributed by atoms with E-state index in [4.69, 9.17) is 9.97 Å². The third-order valence-electron chi connectivity index (χ3n) is 8.39. The predicted molar refractivity (Wildman–Crippen MR) is 179 cm³/mol. The van der Waals surface area contributed by atoms with Gasteiger partial charge in [-0.25, -0.2) is 9.97 Å². The van der Waals surface area contributed by atoms with E-state index in [2.05, 4.69) is 36.6 Å². The number of fused-ring (bicyclic) bond motifs is 8. The number of hydrogen-bond donors (Lipinski definition) is 4. The Hall–Kier alpha value is -5.24. The third kappa shape index (κ3) is 5.46. The van der Waals surface area contributed by atoms with Crippen LogP contribution < -0.4 is 0 Å². The Balaban J connectivity index is 1.97. The van der Waals surface area contributed by atoms with Gasteiger partial charge in [-0.1, -0.05) is 44.9 Å². The van der Waals surface area contributed by atoms with E-state index < -0.39 is 11.9 Å². The van der Waals surface area contributed by atoms with Crippen molar-refractivity contribution >= 4 is 74.5 Å². The van der Waals surface area contributed by atoms with Crippen molar-refractivity contribution in [3.8, 4) is 0 Å². The summed E-state index contributed by atoms with van der Waals surface area (Å²) in [7, 11) is 0. The van der Waals surface area contributed by atoms with Crippen molar-refractivity contribution < 1.29 is 19.8 Å². The fourth-order valence-corrected chi connectivity index (χ4v) is 6.10. The summed E-state index contributed by atoms with van der Waals surface area (Å²) in [5, 5.41) is 19.0. The molecule has 0 saturated carbocycles. The van der Waals surface area contributed by atoms with E-state index in [1.807, 2.05) is 44.2 Å². The lowest BCUT2D eigenvalue weighted by molar-refractivity contribution is -0.137. The van der Waals surface area contributed by atoms with Gasteiger partial charge in [0.15, 0.2) is 0 Å². The van der Waals surface area contributed by atoms with E-state index in [9.17, 15) is 19.8 Å². The van der Waals surface area contributed by atoms with Gasteiger partial charge >= 0.3 is 11.9 Å². The summed E-state index contributed by atoms with van der Waals surface area (Å²) in [4.78, 5) is 40.2. The molecule has 0 unspecified atom stereocenters. The van der Waals surface area contributed by atoms with Gasteiger partial charge in [0, 0.05) is 51.6 Å². The van der Waals surface area contributed by atoms with Crippen LogP contribution in [0.2, 0.25) is 0 Å². The molecule has 0 fully saturated rings. The van der Waals surface area contributed by atoms with Crippen LogP contribution in [-0.4, -0.2) is 42.1 Å². The Bertz CT molecular complexity index is 1980. The number of aromatic amines is 2. The first kappa shape index (κ1) is 30.2. The lowest BCUT2D eigenvalue weighted by Gasteiger charge is -2.05. The van der Waals surface area contributed by atoms with Gasteiger partial charge in [-0.2, -0.15) is 0 Å². The number of aliphatic carboxylic acids is 2. The maximum absolute atomic E-state index is 11.6. The van der Waals surface area contributed by atoms with Crippen LogP contribution in [0.4, 0.5) is 0 Å². The number of nitrogens with zero attached hydrogens (tertiary/aromatic N) is 2. The Morgan fingerprint density at radius 1 is 0.682 bits per heavy atom. The van der Waals surface area contributed by atoms with Crippen molar-refractivity contribution in [2.45, 2.75) is 52.9 Å². The van der Waals surface area contributed by atoms with E-state index in [0.717, 1.165) is 78.7 Å². The van der Waals surface area contributed by atoms with E-state index in [1.54, 1.807) is 12.2 Å².